The van der Waals surface area contributed by atoms with Gasteiger partial charge in [-0.25, -0.2) is 13.4 Å². The number of amides is 1. The smallest absolute Gasteiger partial charge is 0.326 e. The zero-order valence-corrected chi connectivity index (χ0v) is 16.2. The summed E-state index contributed by atoms with van der Waals surface area (Å²) in [5, 5.41) is 4.93. The fraction of sp³-hybridized carbons (Fsp3) is 0.158. The molecule has 0 unspecified atom stereocenters. The molecular weight excluding hydrogens is 399 g/mol. The van der Waals surface area contributed by atoms with Crippen LogP contribution < -0.4 is 13.8 Å². The molecule has 1 aliphatic rings. The number of rotatable bonds is 5. The summed E-state index contributed by atoms with van der Waals surface area (Å²) < 4.78 is 48.6. The lowest BCUT2D eigenvalue weighted by Crippen LogP contribution is -2.30. The molecule has 0 radical (unpaired) electrons. The average molecular weight is 416 g/mol. The molecule has 2 heterocycles. The summed E-state index contributed by atoms with van der Waals surface area (Å²) in [6.45, 7) is 3.55. The second-order valence-electron chi connectivity index (χ2n) is 6.47. The molecule has 1 N–H and O–H groups in total. The zero-order chi connectivity index (χ0) is 20.8. The van der Waals surface area contributed by atoms with Gasteiger partial charge in [-0.05, 0) is 29.3 Å². The Hall–Kier alpha value is -3.40. The van der Waals surface area contributed by atoms with Gasteiger partial charge in [0.25, 0.3) is 5.91 Å². The van der Waals surface area contributed by atoms with E-state index in [4.69, 9.17) is 4.74 Å². The van der Waals surface area contributed by atoms with E-state index < -0.39 is 28.5 Å². The van der Waals surface area contributed by atoms with Crippen molar-refractivity contribution in [2.45, 2.75) is 6.54 Å². The molecule has 1 aromatic heterocycles. The third-order valence-electron chi connectivity index (χ3n) is 4.60. The molecule has 8 nitrogen and oxygen atoms in total. The predicted molar refractivity (Wildman–Crippen MR) is 106 cm³/mol. The maximum Gasteiger partial charge on any atom is 0.326 e. The van der Waals surface area contributed by atoms with Crippen LogP contribution in [0.3, 0.4) is 0 Å². The van der Waals surface area contributed by atoms with Crippen LogP contribution in [-0.4, -0.2) is 37.8 Å². The number of fused-ring (bicyclic) bond motifs is 1. The van der Waals surface area contributed by atoms with Crippen LogP contribution in [0.4, 0.5) is 10.1 Å². The first-order valence-electron chi connectivity index (χ1n) is 8.60. The molecule has 1 fully saturated rings. The van der Waals surface area contributed by atoms with Crippen LogP contribution in [-0.2, 0) is 21.5 Å². The lowest BCUT2D eigenvalue weighted by atomic mass is 10.1. The van der Waals surface area contributed by atoms with Crippen molar-refractivity contribution in [2.24, 2.45) is 0 Å². The number of aromatic nitrogens is 2. The maximum absolute atomic E-state index is 14.9. The largest absolute Gasteiger partial charge is 0.497 e. The van der Waals surface area contributed by atoms with Gasteiger partial charge in [-0.1, -0.05) is 24.8 Å². The molecule has 1 amide bonds. The van der Waals surface area contributed by atoms with E-state index in [0.717, 1.165) is 5.56 Å². The number of hydrogen-bond donors (Lipinski definition) is 1. The number of methoxy groups -OCH3 is 1. The minimum Gasteiger partial charge on any atom is -0.497 e. The number of carbonyl (C=O) groups is 1. The summed E-state index contributed by atoms with van der Waals surface area (Å²) in [5.41, 5.74) is 1.26. The van der Waals surface area contributed by atoms with Crippen molar-refractivity contribution in [1.29, 1.82) is 0 Å². The summed E-state index contributed by atoms with van der Waals surface area (Å²) in [5.74, 6) is -0.820. The Bertz CT molecular complexity index is 1240. The Kier molecular flexibility index (Phi) is 4.50. The molecular formula is C19H17FN4O4S. The Labute approximate surface area is 166 Å². The van der Waals surface area contributed by atoms with E-state index in [9.17, 15) is 17.6 Å². The molecule has 0 saturated carbocycles. The molecule has 2 aromatic carbocycles. The molecule has 4 rings (SSSR count). The Morgan fingerprint density at radius 3 is 2.66 bits per heavy atom. The van der Waals surface area contributed by atoms with Crippen LogP contribution in [0.25, 0.3) is 17.0 Å². The number of ether oxygens (including phenoxy) is 1. The highest BCUT2D eigenvalue weighted by Gasteiger charge is 2.37. The summed E-state index contributed by atoms with van der Waals surface area (Å²) in [7, 11) is -2.60. The first kappa shape index (κ1) is 18.9. The monoisotopic (exact) mass is 416 g/mol. The fourth-order valence-corrected chi connectivity index (χ4v) is 4.42. The number of halogens is 1. The minimum atomic E-state index is -4.18. The first-order valence-corrected chi connectivity index (χ1v) is 10.0. The number of anilines is 1. The number of nitrogens with zero attached hydrogens (tertiary/aromatic N) is 3. The van der Waals surface area contributed by atoms with Crippen molar-refractivity contribution < 1.29 is 22.3 Å². The highest BCUT2D eigenvalue weighted by molar-refractivity contribution is 7.92. The van der Waals surface area contributed by atoms with E-state index in [0.29, 0.717) is 27.5 Å². The van der Waals surface area contributed by atoms with Crippen molar-refractivity contribution in [3.05, 3.63) is 60.1 Å². The fourth-order valence-electron chi connectivity index (χ4n) is 3.25. The maximum atomic E-state index is 14.9. The molecule has 0 atom stereocenters. The Morgan fingerprint density at radius 1 is 1.34 bits per heavy atom. The average Bonchev–Trinajstić information content (AvgIpc) is 3.21. The van der Waals surface area contributed by atoms with E-state index in [2.05, 4.69) is 11.7 Å². The molecule has 0 aliphatic carbocycles. The third kappa shape index (κ3) is 3.31. The lowest BCUT2D eigenvalue weighted by molar-refractivity contribution is -0.117. The number of nitrogens with one attached hydrogen (secondary N) is 1. The van der Waals surface area contributed by atoms with Crippen LogP contribution in [0.5, 0.6) is 5.75 Å². The van der Waals surface area contributed by atoms with Crippen molar-refractivity contribution in [2.75, 3.05) is 18.0 Å². The SMILES string of the molecule is C=Cc1cc(F)c(N2CC(=O)NS2(=O)=O)c2nn(Cc3ccc(OC)cc3)cc12. The molecule has 3 aromatic rings. The van der Waals surface area contributed by atoms with Crippen molar-refractivity contribution in [3.8, 4) is 5.75 Å². The highest BCUT2D eigenvalue weighted by atomic mass is 32.2. The third-order valence-corrected chi connectivity index (χ3v) is 5.98. The second kappa shape index (κ2) is 6.89. The lowest BCUT2D eigenvalue weighted by Gasteiger charge is -2.16. The number of benzene rings is 2. The minimum absolute atomic E-state index is 0.133. The highest BCUT2D eigenvalue weighted by Crippen LogP contribution is 2.34. The number of carbonyl (C=O) groups excluding carboxylic acids is 1. The van der Waals surface area contributed by atoms with Crippen LogP contribution in [0.2, 0.25) is 0 Å². The van der Waals surface area contributed by atoms with Crippen LogP contribution >= 0.6 is 0 Å². The quantitative estimate of drug-likeness (QED) is 0.687. The molecule has 0 bridgehead atoms. The van der Waals surface area contributed by atoms with Crippen molar-refractivity contribution in [3.63, 3.8) is 0 Å². The summed E-state index contributed by atoms with van der Waals surface area (Å²) in [6, 6.07) is 8.55. The van der Waals surface area contributed by atoms with Gasteiger partial charge >= 0.3 is 10.2 Å². The van der Waals surface area contributed by atoms with Crippen molar-refractivity contribution in [1.82, 2.24) is 14.5 Å². The van der Waals surface area contributed by atoms with E-state index >= 15 is 0 Å². The van der Waals surface area contributed by atoms with E-state index in [-0.39, 0.29) is 11.2 Å². The standard InChI is InChI=1S/C19H17FN4O4S/c1-3-13-8-16(20)19(24-11-17(25)22-29(24,26)27)18-15(13)10-23(21-18)9-12-4-6-14(28-2)7-5-12/h3-8,10H,1,9,11H2,2H3,(H,22,25). The molecule has 29 heavy (non-hydrogen) atoms. The van der Waals surface area contributed by atoms with E-state index in [1.54, 1.807) is 18.0 Å². The summed E-state index contributed by atoms with van der Waals surface area (Å²) in [6.07, 6.45) is 3.16. The second-order valence-corrected chi connectivity index (χ2v) is 8.07. The van der Waals surface area contributed by atoms with Gasteiger partial charge in [0.05, 0.1) is 13.7 Å². The number of hydrogen-bond acceptors (Lipinski definition) is 5. The van der Waals surface area contributed by atoms with Gasteiger partial charge in [-0.15, -0.1) is 0 Å². The van der Waals surface area contributed by atoms with Crippen LogP contribution in [0.15, 0.2) is 43.1 Å². The van der Waals surface area contributed by atoms with Crippen LogP contribution in [0, 0.1) is 5.82 Å². The normalized spacial score (nSPS) is 15.5. The van der Waals surface area contributed by atoms with Gasteiger partial charge in [0.1, 0.15) is 23.5 Å². The van der Waals surface area contributed by atoms with Gasteiger partial charge in [0, 0.05) is 11.6 Å². The molecule has 10 heteroatoms. The van der Waals surface area contributed by atoms with Gasteiger partial charge < -0.3 is 4.74 Å². The Balaban J connectivity index is 1.83. The van der Waals surface area contributed by atoms with Gasteiger partial charge in [0.15, 0.2) is 5.82 Å². The van der Waals surface area contributed by atoms with E-state index in [1.807, 2.05) is 29.0 Å². The van der Waals surface area contributed by atoms with Crippen LogP contribution in [0.1, 0.15) is 11.1 Å². The summed E-state index contributed by atoms with van der Waals surface area (Å²) >= 11 is 0. The Morgan fingerprint density at radius 2 is 2.07 bits per heavy atom. The molecule has 1 saturated heterocycles. The first-order chi connectivity index (χ1) is 13.8. The van der Waals surface area contributed by atoms with Gasteiger partial charge in [-0.2, -0.15) is 13.5 Å². The van der Waals surface area contributed by atoms with Gasteiger partial charge in [0.2, 0.25) is 0 Å². The zero-order valence-electron chi connectivity index (χ0n) is 15.4. The van der Waals surface area contributed by atoms with E-state index in [1.165, 1.54) is 12.1 Å². The van der Waals surface area contributed by atoms with Crippen molar-refractivity contribution >= 4 is 38.8 Å². The molecule has 1 aliphatic heterocycles. The molecule has 150 valence electrons. The topological polar surface area (TPSA) is 93.5 Å². The molecule has 0 spiro atoms. The predicted octanol–water partition coefficient (Wildman–Crippen LogP) is 2.06. The summed E-state index contributed by atoms with van der Waals surface area (Å²) in [4.78, 5) is 11.6. The van der Waals surface area contributed by atoms with Gasteiger partial charge in [-0.3, -0.25) is 9.48 Å².